The van der Waals surface area contributed by atoms with Gasteiger partial charge >= 0.3 is 5.97 Å². The Labute approximate surface area is 144 Å². The van der Waals surface area contributed by atoms with Crippen molar-refractivity contribution in [2.24, 2.45) is 5.41 Å². The number of carboxylic acids is 1. The molecule has 1 aromatic carbocycles. The SMILES string of the molecule is CCC[C@]1(C(=O)O)CCN(CCOc2cccc(C)c2C)C[C@@H]1O. The normalized spacial score (nSPS) is 24.8. The molecule has 2 rings (SSSR count). The molecular formula is C19H29NO4. The van der Waals surface area contributed by atoms with E-state index in [1.165, 1.54) is 5.56 Å². The number of carboxylic acid groups (broad SMARTS) is 1. The summed E-state index contributed by atoms with van der Waals surface area (Å²) in [4.78, 5) is 13.7. The van der Waals surface area contributed by atoms with Crippen molar-refractivity contribution < 1.29 is 19.7 Å². The summed E-state index contributed by atoms with van der Waals surface area (Å²) in [5, 5.41) is 20.0. The third-order valence-electron chi connectivity index (χ3n) is 5.29. The standard InChI is InChI=1S/C19H29NO4/c1-4-8-19(18(22)23)9-10-20(13-17(19)21)11-12-24-16-7-5-6-14(2)15(16)3/h5-7,17,21H,4,8-13H2,1-3H3,(H,22,23)/t17-,19-/m0/s1. The highest BCUT2D eigenvalue weighted by Gasteiger charge is 2.47. The predicted molar refractivity (Wildman–Crippen MR) is 93.5 cm³/mol. The summed E-state index contributed by atoms with van der Waals surface area (Å²) in [5.74, 6) is 0.0153. The molecule has 1 aliphatic rings. The van der Waals surface area contributed by atoms with Crippen LogP contribution in [0.25, 0.3) is 0 Å². The van der Waals surface area contributed by atoms with Gasteiger partial charge in [-0.05, 0) is 50.4 Å². The van der Waals surface area contributed by atoms with Gasteiger partial charge in [0.25, 0.3) is 0 Å². The molecule has 2 atom stereocenters. The molecule has 5 heteroatoms. The first-order valence-electron chi connectivity index (χ1n) is 8.73. The van der Waals surface area contributed by atoms with Gasteiger partial charge in [-0.2, -0.15) is 0 Å². The maximum Gasteiger partial charge on any atom is 0.312 e. The van der Waals surface area contributed by atoms with E-state index in [0.29, 0.717) is 39.1 Å². The van der Waals surface area contributed by atoms with Crippen molar-refractivity contribution in [3.05, 3.63) is 29.3 Å². The van der Waals surface area contributed by atoms with Crippen LogP contribution in [0.15, 0.2) is 18.2 Å². The van der Waals surface area contributed by atoms with Crippen LogP contribution in [0, 0.1) is 19.3 Å². The highest BCUT2D eigenvalue weighted by atomic mass is 16.5. The Bertz CT molecular complexity index is 574. The molecule has 0 unspecified atom stereocenters. The van der Waals surface area contributed by atoms with Gasteiger partial charge in [0.05, 0.1) is 11.5 Å². The highest BCUT2D eigenvalue weighted by molar-refractivity contribution is 5.75. The summed E-state index contributed by atoms with van der Waals surface area (Å²) in [7, 11) is 0. The maximum atomic E-state index is 11.6. The van der Waals surface area contributed by atoms with Gasteiger partial charge in [-0.25, -0.2) is 0 Å². The van der Waals surface area contributed by atoms with E-state index in [1.54, 1.807) is 0 Å². The van der Waals surface area contributed by atoms with E-state index in [9.17, 15) is 15.0 Å². The third kappa shape index (κ3) is 3.90. The fourth-order valence-electron chi connectivity index (χ4n) is 3.50. The van der Waals surface area contributed by atoms with E-state index >= 15 is 0 Å². The number of benzene rings is 1. The number of nitrogens with zero attached hydrogens (tertiary/aromatic N) is 1. The molecule has 2 N–H and O–H groups in total. The van der Waals surface area contributed by atoms with Crippen molar-refractivity contribution in [2.45, 2.75) is 46.1 Å². The van der Waals surface area contributed by atoms with Crippen LogP contribution in [0.5, 0.6) is 5.75 Å². The molecule has 0 radical (unpaired) electrons. The zero-order chi connectivity index (χ0) is 17.7. The molecule has 24 heavy (non-hydrogen) atoms. The number of aliphatic carboxylic acids is 1. The molecule has 5 nitrogen and oxygen atoms in total. The first-order chi connectivity index (χ1) is 11.4. The molecule has 1 fully saturated rings. The van der Waals surface area contributed by atoms with Gasteiger partial charge in [0, 0.05) is 13.1 Å². The number of rotatable bonds is 7. The van der Waals surface area contributed by atoms with Crippen LogP contribution in [0.4, 0.5) is 0 Å². The molecule has 1 saturated heterocycles. The van der Waals surface area contributed by atoms with Crippen molar-refractivity contribution >= 4 is 5.97 Å². The zero-order valence-corrected chi connectivity index (χ0v) is 14.9. The Balaban J connectivity index is 1.88. The number of β-amino-alcohol motifs (C(OH)–C–C–N with tert-alkyl or cyclic N) is 1. The Hall–Kier alpha value is -1.59. The smallest absolute Gasteiger partial charge is 0.312 e. The average molecular weight is 335 g/mol. The maximum absolute atomic E-state index is 11.6. The number of likely N-dealkylation sites (tertiary alicyclic amines) is 1. The Morgan fingerprint density at radius 2 is 2.17 bits per heavy atom. The van der Waals surface area contributed by atoms with Gasteiger partial charge in [0.15, 0.2) is 0 Å². The minimum atomic E-state index is -0.987. The number of ether oxygens (including phenoxy) is 1. The van der Waals surface area contributed by atoms with Crippen LogP contribution in [0.1, 0.15) is 37.3 Å². The summed E-state index contributed by atoms with van der Waals surface area (Å²) >= 11 is 0. The second-order valence-corrected chi connectivity index (χ2v) is 6.82. The largest absolute Gasteiger partial charge is 0.492 e. The molecular weight excluding hydrogens is 306 g/mol. The average Bonchev–Trinajstić information content (AvgIpc) is 2.54. The van der Waals surface area contributed by atoms with Crippen molar-refractivity contribution in [1.82, 2.24) is 4.90 Å². The minimum Gasteiger partial charge on any atom is -0.492 e. The number of aliphatic hydroxyl groups is 1. The fourth-order valence-corrected chi connectivity index (χ4v) is 3.50. The van der Waals surface area contributed by atoms with Crippen LogP contribution in [-0.4, -0.2) is 53.4 Å². The number of hydrogen-bond acceptors (Lipinski definition) is 4. The van der Waals surface area contributed by atoms with Crippen molar-refractivity contribution in [3.8, 4) is 5.75 Å². The summed E-state index contributed by atoms with van der Waals surface area (Å²) in [5.41, 5.74) is 1.36. The van der Waals surface area contributed by atoms with E-state index in [0.717, 1.165) is 17.7 Å². The number of hydrogen-bond donors (Lipinski definition) is 2. The zero-order valence-electron chi connectivity index (χ0n) is 14.9. The second kappa shape index (κ2) is 7.99. The molecule has 1 heterocycles. The lowest BCUT2D eigenvalue weighted by Gasteiger charge is -2.42. The van der Waals surface area contributed by atoms with Gasteiger partial charge in [0.1, 0.15) is 12.4 Å². The third-order valence-corrected chi connectivity index (χ3v) is 5.29. The number of aryl methyl sites for hydroxylation is 1. The molecule has 1 aromatic rings. The minimum absolute atomic E-state index is 0.391. The van der Waals surface area contributed by atoms with Gasteiger partial charge in [0.2, 0.25) is 0 Å². The van der Waals surface area contributed by atoms with Crippen LogP contribution in [-0.2, 0) is 4.79 Å². The van der Waals surface area contributed by atoms with Gasteiger partial charge < -0.3 is 14.9 Å². The number of carbonyl (C=O) groups is 1. The number of aliphatic hydroxyl groups excluding tert-OH is 1. The molecule has 0 aliphatic carbocycles. The van der Waals surface area contributed by atoms with E-state index in [-0.39, 0.29) is 0 Å². The van der Waals surface area contributed by atoms with E-state index in [2.05, 4.69) is 17.9 Å². The second-order valence-electron chi connectivity index (χ2n) is 6.82. The van der Waals surface area contributed by atoms with Crippen LogP contribution in [0.3, 0.4) is 0 Å². The summed E-state index contributed by atoms with van der Waals surface area (Å²) in [6.45, 7) is 8.35. The van der Waals surface area contributed by atoms with Crippen LogP contribution >= 0.6 is 0 Å². The molecule has 1 aliphatic heterocycles. The lowest BCUT2D eigenvalue weighted by atomic mass is 9.73. The van der Waals surface area contributed by atoms with Crippen molar-refractivity contribution in [3.63, 3.8) is 0 Å². The lowest BCUT2D eigenvalue weighted by molar-refractivity contribution is -0.164. The Kier molecular flexibility index (Phi) is 6.24. The summed E-state index contributed by atoms with van der Waals surface area (Å²) in [6, 6.07) is 6.00. The topological polar surface area (TPSA) is 70.0 Å². The molecule has 0 amide bonds. The monoisotopic (exact) mass is 335 g/mol. The first-order valence-corrected chi connectivity index (χ1v) is 8.73. The quantitative estimate of drug-likeness (QED) is 0.801. The van der Waals surface area contributed by atoms with E-state index in [4.69, 9.17) is 4.74 Å². The van der Waals surface area contributed by atoms with Gasteiger partial charge in [-0.3, -0.25) is 9.69 Å². The van der Waals surface area contributed by atoms with Crippen LogP contribution < -0.4 is 4.74 Å². The Morgan fingerprint density at radius 3 is 2.79 bits per heavy atom. The molecule has 134 valence electrons. The highest BCUT2D eigenvalue weighted by Crippen LogP contribution is 2.36. The van der Waals surface area contributed by atoms with Gasteiger partial charge in [-0.15, -0.1) is 0 Å². The molecule has 0 bridgehead atoms. The van der Waals surface area contributed by atoms with Gasteiger partial charge in [-0.1, -0.05) is 25.5 Å². The summed E-state index contributed by atoms with van der Waals surface area (Å²) in [6.07, 6.45) is 0.945. The predicted octanol–water partition coefficient (Wildman–Crippen LogP) is 2.62. The first kappa shape index (κ1) is 18.7. The molecule has 0 spiro atoms. The fraction of sp³-hybridized carbons (Fsp3) is 0.632. The molecule has 0 saturated carbocycles. The lowest BCUT2D eigenvalue weighted by Crippen LogP contribution is -2.55. The number of piperidine rings is 1. The summed E-state index contributed by atoms with van der Waals surface area (Å²) < 4.78 is 5.86. The van der Waals surface area contributed by atoms with Crippen molar-refractivity contribution in [1.29, 1.82) is 0 Å². The van der Waals surface area contributed by atoms with E-state index in [1.807, 2.05) is 26.0 Å². The van der Waals surface area contributed by atoms with Crippen molar-refractivity contribution in [2.75, 3.05) is 26.2 Å². The van der Waals surface area contributed by atoms with Crippen LogP contribution in [0.2, 0.25) is 0 Å². The molecule has 0 aromatic heterocycles. The van der Waals surface area contributed by atoms with E-state index < -0.39 is 17.5 Å². The Morgan fingerprint density at radius 1 is 1.42 bits per heavy atom.